The fraction of sp³-hybridized carbons (Fsp3) is 0.652. The van der Waals surface area contributed by atoms with Gasteiger partial charge in [0.25, 0.3) is 0 Å². The number of aliphatic carboxylic acids is 1. The van der Waals surface area contributed by atoms with Crippen molar-refractivity contribution in [3.63, 3.8) is 0 Å². The number of carboxylic acid groups (broad SMARTS) is 1. The summed E-state index contributed by atoms with van der Waals surface area (Å²) in [5.74, 6) is -3.12. The van der Waals surface area contributed by atoms with Crippen LogP contribution in [-0.4, -0.2) is 66.4 Å². The lowest BCUT2D eigenvalue weighted by Gasteiger charge is -2.24. The van der Waals surface area contributed by atoms with Crippen LogP contribution in [0.4, 0.5) is 13.6 Å². The van der Waals surface area contributed by atoms with Crippen molar-refractivity contribution in [2.45, 2.75) is 71.4 Å². The van der Waals surface area contributed by atoms with Crippen molar-refractivity contribution in [2.24, 2.45) is 0 Å². The van der Waals surface area contributed by atoms with Gasteiger partial charge in [-0.2, -0.15) is 0 Å². The molecule has 2 amide bonds. The van der Waals surface area contributed by atoms with Gasteiger partial charge in [-0.15, -0.1) is 0 Å². The van der Waals surface area contributed by atoms with Gasteiger partial charge in [-0.25, -0.2) is 18.4 Å². The number of unbranched alkanes of at least 4 members (excludes halogenated alkanes) is 1. The first-order valence-electron chi connectivity index (χ1n) is 11.0. The lowest BCUT2D eigenvalue weighted by atomic mass is 10.1. The molecule has 1 aromatic rings. The minimum absolute atomic E-state index is 0.0373. The molecule has 0 aliphatic rings. The van der Waals surface area contributed by atoms with Gasteiger partial charge in [-0.05, 0) is 58.2 Å². The fourth-order valence-corrected chi connectivity index (χ4v) is 3.02. The van der Waals surface area contributed by atoms with Crippen LogP contribution in [0, 0.1) is 0 Å². The average Bonchev–Trinajstić information content (AvgIpc) is 2.69. The summed E-state index contributed by atoms with van der Waals surface area (Å²) >= 11 is 0. The number of urea groups is 1. The highest BCUT2D eigenvalue weighted by Crippen LogP contribution is 2.20. The molecule has 0 saturated heterocycles. The highest BCUT2D eigenvalue weighted by molar-refractivity contribution is 5.74. The maximum absolute atomic E-state index is 13.0. The fourth-order valence-electron chi connectivity index (χ4n) is 3.02. The third-order valence-electron chi connectivity index (χ3n) is 4.61. The molecule has 1 aromatic carbocycles. The van der Waals surface area contributed by atoms with Crippen molar-refractivity contribution in [3.05, 3.63) is 29.8 Å². The molecule has 7 nitrogen and oxygen atoms in total. The predicted molar refractivity (Wildman–Crippen MR) is 118 cm³/mol. The molecule has 0 aliphatic carbocycles. The number of hydrogen-bond acceptors (Lipinski definition) is 4. The van der Waals surface area contributed by atoms with E-state index in [0.717, 1.165) is 12.5 Å². The predicted octanol–water partition coefficient (Wildman–Crippen LogP) is 4.34. The van der Waals surface area contributed by atoms with Crippen molar-refractivity contribution in [1.82, 2.24) is 10.2 Å². The Morgan fingerprint density at radius 1 is 1.16 bits per heavy atom. The second-order valence-electron chi connectivity index (χ2n) is 8.10. The minimum Gasteiger partial charge on any atom is -0.492 e. The van der Waals surface area contributed by atoms with E-state index in [1.165, 1.54) is 0 Å². The molecule has 2 N–H and O–H groups in total. The number of hydrogen-bond donors (Lipinski definition) is 2. The first-order valence-corrected chi connectivity index (χ1v) is 11.0. The van der Waals surface area contributed by atoms with Crippen molar-refractivity contribution < 1.29 is 33.0 Å². The van der Waals surface area contributed by atoms with Crippen LogP contribution in [0.15, 0.2) is 24.3 Å². The molecule has 0 spiro atoms. The molecule has 9 heteroatoms. The van der Waals surface area contributed by atoms with Crippen LogP contribution in [0.3, 0.4) is 0 Å². The summed E-state index contributed by atoms with van der Waals surface area (Å²) in [5.41, 5.74) is 0.809. The van der Waals surface area contributed by atoms with E-state index in [1.807, 2.05) is 13.8 Å². The molecule has 32 heavy (non-hydrogen) atoms. The molecule has 0 radical (unpaired) electrons. The Morgan fingerprint density at radius 2 is 1.81 bits per heavy atom. The molecule has 1 unspecified atom stereocenters. The number of ether oxygens (including phenoxy) is 2. The highest BCUT2D eigenvalue weighted by Gasteiger charge is 2.21. The number of nitrogens with zero attached hydrogens (tertiary/aromatic N) is 1. The van der Waals surface area contributed by atoms with E-state index in [1.54, 1.807) is 36.1 Å². The van der Waals surface area contributed by atoms with E-state index in [2.05, 4.69) is 5.32 Å². The molecular formula is C23H36F2N2O5. The number of carbonyl (C=O) groups is 2. The van der Waals surface area contributed by atoms with Gasteiger partial charge in [0.2, 0.25) is 5.92 Å². The summed E-state index contributed by atoms with van der Waals surface area (Å²) in [7, 11) is 0. The first kappa shape index (κ1) is 27.6. The maximum Gasteiger partial charge on any atom is 0.333 e. The molecule has 0 heterocycles. The zero-order valence-electron chi connectivity index (χ0n) is 19.4. The van der Waals surface area contributed by atoms with E-state index >= 15 is 0 Å². The normalized spacial score (nSPS) is 12.5. The quantitative estimate of drug-likeness (QED) is 0.382. The molecule has 1 atom stereocenters. The summed E-state index contributed by atoms with van der Waals surface area (Å²) in [6.45, 7) is 7.59. The Bertz CT molecular complexity index is 693. The first-order chi connectivity index (χ1) is 15.0. The third kappa shape index (κ3) is 11.8. The number of alkyl halides is 2. The van der Waals surface area contributed by atoms with E-state index in [0.29, 0.717) is 38.3 Å². The van der Waals surface area contributed by atoms with Gasteiger partial charge in [0, 0.05) is 32.0 Å². The molecule has 0 saturated carbocycles. The minimum atomic E-state index is -2.70. The second kappa shape index (κ2) is 13.9. The van der Waals surface area contributed by atoms with Crippen molar-refractivity contribution in [3.8, 4) is 5.75 Å². The zero-order valence-corrected chi connectivity index (χ0v) is 19.4. The summed E-state index contributed by atoms with van der Waals surface area (Å²) < 4.78 is 36.9. The Kier molecular flexibility index (Phi) is 12.0. The summed E-state index contributed by atoms with van der Waals surface area (Å²) in [6, 6.07) is 6.74. The summed E-state index contributed by atoms with van der Waals surface area (Å²) in [5, 5.41) is 12.0. The van der Waals surface area contributed by atoms with Gasteiger partial charge >= 0.3 is 12.0 Å². The Balaban J connectivity index is 2.56. The number of amides is 2. The Labute approximate surface area is 189 Å². The zero-order chi connectivity index (χ0) is 24.1. The molecular weight excluding hydrogens is 422 g/mol. The summed E-state index contributed by atoms with van der Waals surface area (Å²) in [6.07, 6.45) is -0.0392. The van der Waals surface area contributed by atoms with Gasteiger partial charge in [0.05, 0.1) is 6.54 Å². The van der Waals surface area contributed by atoms with Crippen LogP contribution in [0.5, 0.6) is 5.75 Å². The van der Waals surface area contributed by atoms with Crippen LogP contribution in [-0.2, 0) is 16.0 Å². The number of benzene rings is 1. The van der Waals surface area contributed by atoms with Crippen LogP contribution < -0.4 is 10.1 Å². The molecule has 1 rings (SSSR count). The number of rotatable bonds is 15. The molecule has 0 aliphatic heterocycles. The van der Waals surface area contributed by atoms with Gasteiger partial charge in [-0.3, -0.25) is 0 Å². The van der Waals surface area contributed by atoms with Crippen LogP contribution in [0.2, 0.25) is 0 Å². The van der Waals surface area contributed by atoms with E-state index in [9.17, 15) is 23.5 Å². The van der Waals surface area contributed by atoms with Crippen molar-refractivity contribution >= 4 is 12.0 Å². The van der Waals surface area contributed by atoms with E-state index in [4.69, 9.17) is 9.47 Å². The number of carbonyl (C=O) groups excluding carboxylic acids is 1. The molecule has 0 aromatic heterocycles. The molecule has 182 valence electrons. The standard InChI is InChI=1S/C23H36F2N2O5/c1-5-31-20(21(28)29)16-18-8-10-19(11-9-18)32-15-14-27(22(30)26-17(2)3)13-7-6-12-23(4,24)25/h8-11,17,20H,5-7,12-16H2,1-4H3,(H,26,30)(H,28,29). The topological polar surface area (TPSA) is 88.1 Å². The van der Waals surface area contributed by atoms with Gasteiger partial charge < -0.3 is 24.8 Å². The van der Waals surface area contributed by atoms with Crippen molar-refractivity contribution in [2.75, 3.05) is 26.3 Å². The van der Waals surface area contributed by atoms with Gasteiger partial charge in [-0.1, -0.05) is 12.1 Å². The summed E-state index contributed by atoms with van der Waals surface area (Å²) in [4.78, 5) is 25.2. The van der Waals surface area contributed by atoms with Gasteiger partial charge in [0.1, 0.15) is 12.4 Å². The SMILES string of the molecule is CCOC(Cc1ccc(OCCN(CCCCC(C)(F)F)C(=O)NC(C)C)cc1)C(=O)O. The lowest BCUT2D eigenvalue weighted by molar-refractivity contribution is -0.149. The number of halogens is 2. The largest absolute Gasteiger partial charge is 0.492 e. The Hall–Kier alpha value is -2.42. The van der Waals surface area contributed by atoms with E-state index in [-0.39, 0.29) is 31.5 Å². The monoisotopic (exact) mass is 458 g/mol. The lowest BCUT2D eigenvalue weighted by Crippen LogP contribution is -2.45. The van der Waals surface area contributed by atoms with Crippen LogP contribution >= 0.6 is 0 Å². The number of nitrogens with one attached hydrogen (secondary N) is 1. The van der Waals surface area contributed by atoms with Gasteiger partial charge in [0.15, 0.2) is 6.10 Å². The maximum atomic E-state index is 13.0. The van der Waals surface area contributed by atoms with Crippen LogP contribution in [0.25, 0.3) is 0 Å². The molecule has 0 fully saturated rings. The smallest absolute Gasteiger partial charge is 0.333 e. The third-order valence-corrected chi connectivity index (χ3v) is 4.61. The van der Waals surface area contributed by atoms with E-state index < -0.39 is 18.0 Å². The van der Waals surface area contributed by atoms with Crippen LogP contribution in [0.1, 0.15) is 52.5 Å². The highest BCUT2D eigenvalue weighted by atomic mass is 19.3. The molecule has 0 bridgehead atoms. The second-order valence-corrected chi connectivity index (χ2v) is 8.10. The number of carboxylic acids is 1. The Morgan fingerprint density at radius 3 is 2.34 bits per heavy atom. The average molecular weight is 459 g/mol. The van der Waals surface area contributed by atoms with Crippen molar-refractivity contribution in [1.29, 1.82) is 0 Å².